The van der Waals surface area contributed by atoms with Crippen molar-refractivity contribution in [2.45, 2.75) is 5.41 Å². The average molecular weight is 903 g/mol. The van der Waals surface area contributed by atoms with Crippen LogP contribution in [0.1, 0.15) is 22.3 Å². The summed E-state index contributed by atoms with van der Waals surface area (Å²) in [5.74, 6) is 0. The lowest BCUT2D eigenvalue weighted by Crippen LogP contribution is -2.26. The van der Waals surface area contributed by atoms with Crippen molar-refractivity contribution in [2.75, 3.05) is 9.80 Å². The zero-order chi connectivity index (χ0) is 46.9. The van der Waals surface area contributed by atoms with E-state index in [4.69, 9.17) is 0 Å². The third kappa shape index (κ3) is 6.42. The van der Waals surface area contributed by atoms with Gasteiger partial charge in [-0.3, -0.25) is 0 Å². The second-order valence-electron chi connectivity index (χ2n) is 18.8. The molecule has 2 aliphatic rings. The Morgan fingerprint density at radius 2 is 0.648 bits per heavy atom. The van der Waals surface area contributed by atoms with E-state index in [1.165, 1.54) is 88.3 Å². The minimum Gasteiger partial charge on any atom is -0.310 e. The first-order valence-corrected chi connectivity index (χ1v) is 24.6. The summed E-state index contributed by atoms with van der Waals surface area (Å²) in [7, 11) is 0. The van der Waals surface area contributed by atoms with Crippen LogP contribution in [0.25, 0.3) is 66.1 Å². The summed E-state index contributed by atoms with van der Waals surface area (Å²) in [4.78, 5) is 4.94. The predicted octanol–water partition coefficient (Wildman–Crippen LogP) is 18.6. The van der Waals surface area contributed by atoms with E-state index in [0.29, 0.717) is 0 Å². The number of para-hydroxylation sites is 1. The molecule has 332 valence electrons. The second-order valence-corrected chi connectivity index (χ2v) is 18.8. The first-order chi connectivity index (χ1) is 35.2. The topological polar surface area (TPSA) is 6.48 Å². The molecule has 0 heterocycles. The molecule has 0 saturated carbocycles. The van der Waals surface area contributed by atoms with Crippen molar-refractivity contribution in [3.05, 3.63) is 301 Å². The van der Waals surface area contributed by atoms with Crippen LogP contribution < -0.4 is 9.80 Å². The highest BCUT2D eigenvalue weighted by atomic mass is 15.2. The molecule has 1 spiro atoms. The molecule has 1 unspecified atom stereocenters. The van der Waals surface area contributed by atoms with Crippen molar-refractivity contribution in [1.29, 1.82) is 0 Å². The summed E-state index contributed by atoms with van der Waals surface area (Å²) in [6.07, 6.45) is 0. The molecule has 0 saturated heterocycles. The van der Waals surface area contributed by atoms with Crippen LogP contribution >= 0.6 is 0 Å². The number of anilines is 6. The Labute approximate surface area is 414 Å². The predicted molar refractivity (Wildman–Crippen MR) is 298 cm³/mol. The van der Waals surface area contributed by atoms with Crippen molar-refractivity contribution < 1.29 is 0 Å². The lowest BCUT2D eigenvalue weighted by molar-refractivity contribution is 0.793. The maximum atomic E-state index is 2.51. The van der Waals surface area contributed by atoms with E-state index in [0.717, 1.165) is 34.1 Å². The normalized spacial score (nSPS) is 14.0. The molecule has 0 N–H and O–H groups in total. The quantitative estimate of drug-likeness (QED) is 0.150. The van der Waals surface area contributed by atoms with E-state index in [9.17, 15) is 0 Å². The van der Waals surface area contributed by atoms with Gasteiger partial charge in [-0.25, -0.2) is 0 Å². The van der Waals surface area contributed by atoms with Crippen molar-refractivity contribution >= 4 is 55.7 Å². The van der Waals surface area contributed by atoms with Gasteiger partial charge in [-0.05, 0) is 138 Å². The number of nitrogens with zero attached hydrogens (tertiary/aromatic N) is 2. The number of fused-ring (bicyclic) bond motifs is 12. The molecule has 12 aromatic carbocycles. The van der Waals surface area contributed by atoms with Crippen LogP contribution in [0.3, 0.4) is 0 Å². The van der Waals surface area contributed by atoms with Crippen LogP contribution in [-0.4, -0.2) is 0 Å². The van der Waals surface area contributed by atoms with Gasteiger partial charge in [-0.1, -0.05) is 218 Å². The summed E-state index contributed by atoms with van der Waals surface area (Å²) < 4.78 is 0. The lowest BCUT2D eigenvalue weighted by Gasteiger charge is -2.34. The van der Waals surface area contributed by atoms with E-state index < -0.39 is 5.41 Å². The van der Waals surface area contributed by atoms with Gasteiger partial charge in [-0.15, -0.1) is 0 Å². The van der Waals surface area contributed by atoms with Crippen LogP contribution in [0.15, 0.2) is 279 Å². The van der Waals surface area contributed by atoms with Crippen molar-refractivity contribution in [3.63, 3.8) is 0 Å². The van der Waals surface area contributed by atoms with E-state index >= 15 is 0 Å². The maximum absolute atomic E-state index is 2.51. The molecule has 2 nitrogen and oxygen atoms in total. The Kier molecular flexibility index (Phi) is 9.47. The fraction of sp³-hybridized carbons (Fsp3) is 0.0145. The number of benzene rings is 12. The minimum atomic E-state index is -0.612. The molecule has 0 amide bonds. The molecule has 2 aliphatic carbocycles. The third-order valence-electron chi connectivity index (χ3n) is 15.0. The molecule has 1 atom stereocenters. The van der Waals surface area contributed by atoms with Gasteiger partial charge in [0, 0.05) is 39.4 Å². The Balaban J connectivity index is 1.02. The molecule has 0 aromatic heterocycles. The van der Waals surface area contributed by atoms with Gasteiger partial charge < -0.3 is 9.80 Å². The third-order valence-corrected chi connectivity index (χ3v) is 15.0. The Morgan fingerprint density at radius 3 is 1.31 bits per heavy atom. The highest BCUT2D eigenvalue weighted by molar-refractivity contribution is 6.07. The fourth-order valence-electron chi connectivity index (χ4n) is 11.9. The van der Waals surface area contributed by atoms with Gasteiger partial charge in [0.15, 0.2) is 0 Å². The minimum absolute atomic E-state index is 0.612. The van der Waals surface area contributed by atoms with E-state index in [1.54, 1.807) is 0 Å². The van der Waals surface area contributed by atoms with Gasteiger partial charge >= 0.3 is 0 Å². The molecule has 0 aliphatic heterocycles. The first-order valence-electron chi connectivity index (χ1n) is 24.6. The van der Waals surface area contributed by atoms with Crippen LogP contribution in [0.4, 0.5) is 34.1 Å². The summed E-state index contributed by atoms with van der Waals surface area (Å²) in [5.41, 5.74) is 21.1. The van der Waals surface area contributed by atoms with Gasteiger partial charge in [-0.2, -0.15) is 0 Å². The van der Waals surface area contributed by atoms with Crippen molar-refractivity contribution in [3.8, 4) is 44.5 Å². The maximum Gasteiger partial charge on any atom is 0.0727 e. The average Bonchev–Trinajstić information content (AvgIpc) is 3.91. The largest absolute Gasteiger partial charge is 0.310 e. The zero-order valence-corrected chi connectivity index (χ0v) is 39.0. The first kappa shape index (κ1) is 40.8. The lowest BCUT2D eigenvalue weighted by atomic mass is 9.70. The highest BCUT2D eigenvalue weighted by Crippen LogP contribution is 2.64. The fourth-order valence-corrected chi connectivity index (χ4v) is 11.9. The Hall–Kier alpha value is -9.24. The Morgan fingerprint density at radius 1 is 0.225 bits per heavy atom. The molecule has 12 aromatic rings. The van der Waals surface area contributed by atoms with Gasteiger partial charge in [0.05, 0.1) is 11.1 Å². The zero-order valence-electron chi connectivity index (χ0n) is 39.0. The standard InChI is InChI=1S/C69H46N2/c1-4-18-47(19-5-1)49-32-36-54(37-33-49)70(55-38-34-48-20-10-11-24-52(48)44-55)56-39-42-62-60-28-14-16-30-64(60)69(66(62)45-56)65-31-17-15-29-61(65)63-43-40-57(46-67(63)69)71(53-25-8-3-9-26-53)68-58-27-13-12-23-51(58)35-41-59(68)50-21-6-2-7-22-50/h1-46H. The van der Waals surface area contributed by atoms with Gasteiger partial charge in [0.1, 0.15) is 0 Å². The summed E-state index contributed by atoms with van der Waals surface area (Å²) >= 11 is 0. The van der Waals surface area contributed by atoms with E-state index in [-0.39, 0.29) is 0 Å². The van der Waals surface area contributed by atoms with Crippen molar-refractivity contribution in [2.24, 2.45) is 0 Å². The van der Waals surface area contributed by atoms with E-state index in [2.05, 4.69) is 289 Å². The number of rotatable bonds is 8. The van der Waals surface area contributed by atoms with Crippen LogP contribution in [0.2, 0.25) is 0 Å². The number of hydrogen-bond acceptors (Lipinski definition) is 2. The van der Waals surface area contributed by atoms with Gasteiger partial charge in [0.25, 0.3) is 0 Å². The number of hydrogen-bond donors (Lipinski definition) is 0. The van der Waals surface area contributed by atoms with E-state index in [1.807, 2.05) is 0 Å². The highest BCUT2D eigenvalue weighted by Gasteiger charge is 2.52. The van der Waals surface area contributed by atoms with Crippen LogP contribution in [-0.2, 0) is 5.41 Å². The van der Waals surface area contributed by atoms with Crippen LogP contribution in [0.5, 0.6) is 0 Å². The molecule has 0 bridgehead atoms. The molecule has 0 radical (unpaired) electrons. The second kappa shape index (κ2) is 16.5. The molecule has 14 rings (SSSR count). The molecule has 71 heavy (non-hydrogen) atoms. The summed E-state index contributed by atoms with van der Waals surface area (Å²) in [6, 6.07) is 103. The smallest absolute Gasteiger partial charge is 0.0727 e. The van der Waals surface area contributed by atoms with Crippen LogP contribution in [0, 0.1) is 0 Å². The molecule has 2 heteroatoms. The van der Waals surface area contributed by atoms with Gasteiger partial charge in [0.2, 0.25) is 0 Å². The molecular formula is C69H46N2. The SMILES string of the molecule is c1ccc(-c2ccc(N(c3ccc4c(c3)C3(c5ccccc5-4)c4ccccc4-c4ccc(N(c5ccccc5)c5c(-c6ccccc6)ccc6ccccc56)cc43)c3ccc4ccccc4c3)cc2)cc1. The van der Waals surface area contributed by atoms with Crippen molar-refractivity contribution in [1.82, 2.24) is 0 Å². The monoisotopic (exact) mass is 902 g/mol. The summed E-state index contributed by atoms with van der Waals surface area (Å²) in [5, 5.41) is 4.82. The Bertz CT molecular complexity index is 3980. The molecule has 0 fully saturated rings. The molecular weight excluding hydrogens is 857 g/mol. The summed E-state index contributed by atoms with van der Waals surface area (Å²) in [6.45, 7) is 0.